The Morgan fingerprint density at radius 2 is 1.57 bits per heavy atom. The lowest BCUT2D eigenvalue weighted by Crippen LogP contribution is -1.89. The zero-order valence-electron chi connectivity index (χ0n) is 12.9. The molecular formula is C19H19NO. The fourth-order valence-corrected chi connectivity index (χ4v) is 2.97. The number of aldehydes is 1. The van der Waals surface area contributed by atoms with Crippen LogP contribution < -0.4 is 0 Å². The molecule has 2 nitrogen and oxygen atoms in total. The highest BCUT2D eigenvalue weighted by molar-refractivity contribution is 6.07. The average Bonchev–Trinajstić information content (AvgIpc) is 2.86. The van der Waals surface area contributed by atoms with Gasteiger partial charge < -0.3 is 4.98 Å². The van der Waals surface area contributed by atoms with Crippen molar-refractivity contribution in [3.63, 3.8) is 0 Å². The summed E-state index contributed by atoms with van der Waals surface area (Å²) < 4.78 is 0. The van der Waals surface area contributed by atoms with Gasteiger partial charge in [-0.25, -0.2) is 0 Å². The van der Waals surface area contributed by atoms with Crippen molar-refractivity contribution in [3.8, 4) is 11.3 Å². The minimum atomic E-state index is 0.764. The summed E-state index contributed by atoms with van der Waals surface area (Å²) in [6.07, 6.45) is 0.975. The van der Waals surface area contributed by atoms with Gasteiger partial charge in [0.05, 0.1) is 5.69 Å². The van der Waals surface area contributed by atoms with E-state index in [0.29, 0.717) is 0 Å². The first-order valence-corrected chi connectivity index (χ1v) is 7.17. The molecular weight excluding hydrogens is 258 g/mol. The molecule has 1 aromatic heterocycles. The minimum absolute atomic E-state index is 0.764. The first-order chi connectivity index (χ1) is 10.0. The summed E-state index contributed by atoms with van der Waals surface area (Å²) in [4.78, 5) is 15.2. The Labute approximate surface area is 124 Å². The second-order valence-electron chi connectivity index (χ2n) is 5.80. The second-order valence-corrected chi connectivity index (χ2v) is 5.80. The first-order valence-electron chi connectivity index (χ1n) is 7.17. The fraction of sp³-hybridized carbons (Fsp3) is 0.211. The number of nitrogens with one attached hydrogen (secondary N) is 1. The fourth-order valence-electron chi connectivity index (χ4n) is 2.97. The second kappa shape index (κ2) is 4.88. The van der Waals surface area contributed by atoms with E-state index in [1.165, 1.54) is 11.1 Å². The van der Waals surface area contributed by atoms with Gasteiger partial charge >= 0.3 is 0 Å². The molecule has 0 spiro atoms. The van der Waals surface area contributed by atoms with Crippen LogP contribution in [-0.2, 0) is 0 Å². The van der Waals surface area contributed by atoms with Gasteiger partial charge in [-0.3, -0.25) is 4.79 Å². The highest BCUT2D eigenvalue weighted by Crippen LogP contribution is 2.34. The molecule has 0 aliphatic rings. The highest BCUT2D eigenvalue weighted by atomic mass is 16.1. The molecule has 1 heterocycles. The van der Waals surface area contributed by atoms with Crippen LogP contribution >= 0.6 is 0 Å². The minimum Gasteiger partial charge on any atom is -0.354 e. The number of aromatic nitrogens is 1. The molecule has 106 valence electrons. The summed E-state index contributed by atoms with van der Waals surface area (Å²) in [6.45, 7) is 8.27. The Hall–Kier alpha value is -2.35. The Balaban J connectivity index is 2.43. The molecule has 21 heavy (non-hydrogen) atoms. The van der Waals surface area contributed by atoms with Gasteiger partial charge in [-0.05, 0) is 50.5 Å². The van der Waals surface area contributed by atoms with Crippen molar-refractivity contribution < 1.29 is 4.79 Å². The Kier molecular flexibility index (Phi) is 3.17. The molecule has 0 aliphatic heterocycles. The van der Waals surface area contributed by atoms with E-state index in [9.17, 15) is 4.79 Å². The van der Waals surface area contributed by atoms with E-state index in [1.807, 2.05) is 0 Å². The zero-order valence-corrected chi connectivity index (χ0v) is 12.9. The van der Waals surface area contributed by atoms with E-state index in [-0.39, 0.29) is 0 Å². The smallest absolute Gasteiger partial charge is 0.152 e. The average molecular weight is 277 g/mol. The summed E-state index contributed by atoms with van der Waals surface area (Å²) in [5.74, 6) is 0. The lowest BCUT2D eigenvalue weighted by atomic mass is 9.98. The predicted octanol–water partition coefficient (Wildman–Crippen LogP) is 4.88. The number of carbonyl (C=O) groups excluding carboxylic acids is 1. The van der Waals surface area contributed by atoms with Crippen LogP contribution in [0, 0.1) is 27.7 Å². The van der Waals surface area contributed by atoms with Gasteiger partial charge in [-0.15, -0.1) is 0 Å². The van der Waals surface area contributed by atoms with Crippen LogP contribution in [0.3, 0.4) is 0 Å². The molecule has 1 N–H and O–H groups in total. The number of carbonyl (C=O) groups is 1. The van der Waals surface area contributed by atoms with Crippen LogP contribution in [0.5, 0.6) is 0 Å². The molecule has 0 bridgehead atoms. The summed E-state index contributed by atoms with van der Waals surface area (Å²) in [5.41, 5.74) is 8.52. The molecule has 0 saturated carbocycles. The van der Waals surface area contributed by atoms with Crippen LogP contribution in [0.25, 0.3) is 22.2 Å². The molecule has 0 fully saturated rings. The lowest BCUT2D eigenvalue weighted by molar-refractivity contribution is 0.112. The van der Waals surface area contributed by atoms with E-state index in [1.54, 1.807) is 0 Å². The quantitative estimate of drug-likeness (QED) is 0.665. The third-order valence-electron chi connectivity index (χ3n) is 4.19. The molecule has 0 saturated heterocycles. The largest absolute Gasteiger partial charge is 0.354 e. The SMILES string of the molecule is Cc1ccc(C)c(-c2[nH]c3c(C)ccc(C)c3c2C=O)c1. The van der Waals surface area contributed by atoms with Gasteiger partial charge in [-0.2, -0.15) is 0 Å². The summed E-state index contributed by atoms with van der Waals surface area (Å²) >= 11 is 0. The van der Waals surface area contributed by atoms with Crippen molar-refractivity contribution in [2.24, 2.45) is 0 Å². The molecule has 0 atom stereocenters. The number of hydrogen-bond donors (Lipinski definition) is 1. The van der Waals surface area contributed by atoms with Crippen molar-refractivity contribution in [2.45, 2.75) is 27.7 Å². The number of fused-ring (bicyclic) bond motifs is 1. The number of rotatable bonds is 2. The standard InChI is InChI=1S/C19H19NO/c1-11-5-6-12(2)15(9-11)19-16(10-21)17-13(3)7-8-14(4)18(17)20-19/h5-10,20H,1-4H3. The van der Waals surface area contributed by atoms with Crippen molar-refractivity contribution in [1.29, 1.82) is 0 Å². The molecule has 3 aromatic rings. The van der Waals surface area contributed by atoms with Gasteiger partial charge in [0.15, 0.2) is 6.29 Å². The van der Waals surface area contributed by atoms with E-state index >= 15 is 0 Å². The maximum atomic E-state index is 11.7. The van der Waals surface area contributed by atoms with Crippen LogP contribution in [0.15, 0.2) is 30.3 Å². The van der Waals surface area contributed by atoms with Crippen LogP contribution in [0.1, 0.15) is 32.6 Å². The van der Waals surface area contributed by atoms with Crippen molar-refractivity contribution >= 4 is 17.2 Å². The first kappa shape index (κ1) is 13.6. The number of aromatic amines is 1. The molecule has 3 rings (SSSR count). The normalized spacial score (nSPS) is 11.0. The summed E-state index contributed by atoms with van der Waals surface area (Å²) in [7, 11) is 0. The topological polar surface area (TPSA) is 32.9 Å². The van der Waals surface area contributed by atoms with E-state index in [2.05, 4.69) is 63.0 Å². The Morgan fingerprint density at radius 1 is 0.905 bits per heavy atom. The third-order valence-corrected chi connectivity index (χ3v) is 4.19. The number of hydrogen-bond acceptors (Lipinski definition) is 1. The molecule has 0 amide bonds. The number of aryl methyl sites for hydroxylation is 4. The number of benzene rings is 2. The van der Waals surface area contributed by atoms with Crippen molar-refractivity contribution in [2.75, 3.05) is 0 Å². The van der Waals surface area contributed by atoms with Crippen molar-refractivity contribution in [3.05, 3.63) is 58.1 Å². The molecule has 0 aliphatic carbocycles. The van der Waals surface area contributed by atoms with Gasteiger partial charge in [0.1, 0.15) is 0 Å². The van der Waals surface area contributed by atoms with Gasteiger partial charge in [-0.1, -0.05) is 29.8 Å². The predicted molar refractivity (Wildman–Crippen MR) is 88.1 cm³/mol. The Morgan fingerprint density at radius 3 is 2.29 bits per heavy atom. The van der Waals surface area contributed by atoms with Gasteiger partial charge in [0.25, 0.3) is 0 Å². The molecule has 0 unspecified atom stereocenters. The van der Waals surface area contributed by atoms with Crippen molar-refractivity contribution in [1.82, 2.24) is 4.98 Å². The number of H-pyrrole nitrogens is 1. The molecule has 0 radical (unpaired) electrons. The van der Waals surface area contributed by atoms with Gasteiger partial charge in [0.2, 0.25) is 0 Å². The zero-order chi connectivity index (χ0) is 15.1. The Bertz CT molecular complexity index is 856. The van der Waals surface area contributed by atoms with Crippen LogP contribution in [-0.4, -0.2) is 11.3 Å². The summed E-state index contributed by atoms with van der Waals surface area (Å²) in [5, 5.41) is 1.04. The van der Waals surface area contributed by atoms with Crippen LogP contribution in [0.2, 0.25) is 0 Å². The van der Waals surface area contributed by atoms with E-state index in [0.717, 1.165) is 45.1 Å². The van der Waals surface area contributed by atoms with Crippen LogP contribution in [0.4, 0.5) is 0 Å². The van der Waals surface area contributed by atoms with Gasteiger partial charge in [0, 0.05) is 22.0 Å². The maximum Gasteiger partial charge on any atom is 0.152 e. The third kappa shape index (κ3) is 2.07. The van der Waals surface area contributed by atoms with E-state index in [4.69, 9.17) is 0 Å². The van der Waals surface area contributed by atoms with E-state index < -0.39 is 0 Å². The highest BCUT2D eigenvalue weighted by Gasteiger charge is 2.17. The molecule has 2 heteroatoms. The monoisotopic (exact) mass is 277 g/mol. The summed E-state index contributed by atoms with van der Waals surface area (Å²) in [6, 6.07) is 10.5. The lowest BCUT2D eigenvalue weighted by Gasteiger charge is -2.06. The molecule has 2 aromatic carbocycles. The maximum absolute atomic E-state index is 11.7.